The molecule has 0 radical (unpaired) electrons. The minimum atomic E-state index is -0.642. The Morgan fingerprint density at radius 3 is 2.55 bits per heavy atom. The molecule has 3 heterocycles. The Morgan fingerprint density at radius 2 is 1.79 bits per heavy atom. The van der Waals surface area contributed by atoms with Crippen molar-refractivity contribution >= 4 is 45.1 Å². The Hall–Kier alpha value is -3.20. The Bertz CT molecular complexity index is 1000. The zero-order valence-corrected chi connectivity index (χ0v) is 16.9. The number of aromatic nitrogens is 2. The number of carbonyl (C=O) groups excluding carboxylic acids is 2. The van der Waals surface area contributed by atoms with E-state index < -0.39 is 6.04 Å². The van der Waals surface area contributed by atoms with E-state index in [9.17, 15) is 9.59 Å². The lowest BCUT2D eigenvalue weighted by atomic mass is 10.2. The van der Waals surface area contributed by atoms with Crippen LogP contribution in [0.2, 0.25) is 0 Å². The van der Waals surface area contributed by atoms with Crippen LogP contribution in [0.3, 0.4) is 0 Å². The van der Waals surface area contributed by atoms with E-state index in [1.807, 2.05) is 12.1 Å². The molecule has 4 rings (SSSR count). The quantitative estimate of drug-likeness (QED) is 0.690. The normalized spacial score (nSPS) is 15.2. The summed E-state index contributed by atoms with van der Waals surface area (Å²) in [5.74, 6) is 0.716. The average Bonchev–Trinajstić information content (AvgIpc) is 3.18. The second-order valence-electron chi connectivity index (χ2n) is 6.87. The first-order valence-electron chi connectivity index (χ1n) is 9.47. The second-order valence-corrected chi connectivity index (χ2v) is 7.68. The zero-order chi connectivity index (χ0) is 20.2. The van der Waals surface area contributed by atoms with Crippen LogP contribution >= 0.6 is 11.5 Å². The van der Waals surface area contributed by atoms with Crippen molar-refractivity contribution in [3.05, 3.63) is 48.8 Å². The number of nitrogens with zero attached hydrogens (tertiary/aromatic N) is 4. The molecule has 1 aliphatic rings. The van der Waals surface area contributed by atoms with Gasteiger partial charge in [0.15, 0.2) is 0 Å². The molecule has 1 aromatic carbocycles. The van der Waals surface area contributed by atoms with Crippen LogP contribution in [0.4, 0.5) is 16.3 Å². The number of nitrogens with one attached hydrogen (secondary N) is 2. The molecule has 8 nitrogen and oxygen atoms in total. The molecule has 0 spiro atoms. The van der Waals surface area contributed by atoms with E-state index in [1.165, 1.54) is 11.5 Å². The third kappa shape index (κ3) is 4.29. The van der Waals surface area contributed by atoms with Gasteiger partial charge in [-0.2, -0.15) is 4.37 Å². The van der Waals surface area contributed by atoms with E-state index in [2.05, 4.69) is 37.0 Å². The van der Waals surface area contributed by atoms with Crippen molar-refractivity contribution in [2.45, 2.75) is 13.0 Å². The van der Waals surface area contributed by atoms with Gasteiger partial charge in [-0.1, -0.05) is 12.1 Å². The molecule has 0 bridgehead atoms. The molecule has 1 fully saturated rings. The summed E-state index contributed by atoms with van der Waals surface area (Å²) in [6.07, 6.45) is 3.20. The Morgan fingerprint density at radius 1 is 1.07 bits per heavy atom. The Kier molecular flexibility index (Phi) is 5.57. The van der Waals surface area contributed by atoms with Crippen molar-refractivity contribution < 1.29 is 9.59 Å². The summed E-state index contributed by atoms with van der Waals surface area (Å²) in [7, 11) is 0. The summed E-state index contributed by atoms with van der Waals surface area (Å²) in [5, 5.41) is 6.69. The van der Waals surface area contributed by atoms with Crippen molar-refractivity contribution in [1.82, 2.24) is 19.6 Å². The lowest BCUT2D eigenvalue weighted by Crippen LogP contribution is -2.54. The molecule has 1 atom stereocenters. The Balaban J connectivity index is 1.30. The van der Waals surface area contributed by atoms with Gasteiger partial charge in [0.2, 0.25) is 5.91 Å². The number of rotatable bonds is 4. The van der Waals surface area contributed by atoms with Crippen LogP contribution in [0.15, 0.2) is 48.8 Å². The lowest BCUT2D eigenvalue weighted by molar-refractivity contribution is -0.117. The van der Waals surface area contributed by atoms with Gasteiger partial charge in [-0.3, -0.25) is 9.78 Å². The maximum Gasteiger partial charge on any atom is 0.318 e. The topological polar surface area (TPSA) is 90.5 Å². The summed E-state index contributed by atoms with van der Waals surface area (Å²) in [4.78, 5) is 32.7. The SMILES string of the molecule is CC(NC(=O)N1CCN(c2nsc3ccccc23)CC1)C(=O)Nc1ccncc1. The van der Waals surface area contributed by atoms with Crippen LogP contribution < -0.4 is 15.5 Å². The highest BCUT2D eigenvalue weighted by Crippen LogP contribution is 2.29. The molecular formula is C20H22N6O2S. The van der Waals surface area contributed by atoms with Crippen LogP contribution in [0, 0.1) is 0 Å². The summed E-state index contributed by atoms with van der Waals surface area (Å²) in [6, 6.07) is 10.7. The number of carbonyl (C=O) groups is 2. The monoisotopic (exact) mass is 410 g/mol. The van der Waals surface area contributed by atoms with Crippen LogP contribution in [-0.2, 0) is 4.79 Å². The first-order chi connectivity index (χ1) is 14.1. The summed E-state index contributed by atoms with van der Waals surface area (Å²) in [6.45, 7) is 4.25. The highest BCUT2D eigenvalue weighted by atomic mass is 32.1. The first-order valence-corrected chi connectivity index (χ1v) is 10.2. The number of urea groups is 1. The number of pyridine rings is 1. The molecule has 3 amide bonds. The molecule has 150 valence electrons. The van der Waals surface area contributed by atoms with Gasteiger partial charge >= 0.3 is 6.03 Å². The summed E-state index contributed by atoms with van der Waals surface area (Å²) in [5.41, 5.74) is 0.648. The van der Waals surface area contributed by atoms with E-state index in [1.54, 1.807) is 36.4 Å². The van der Waals surface area contributed by atoms with E-state index in [-0.39, 0.29) is 11.9 Å². The van der Waals surface area contributed by atoms with E-state index in [0.29, 0.717) is 31.9 Å². The highest BCUT2D eigenvalue weighted by Gasteiger charge is 2.25. The zero-order valence-electron chi connectivity index (χ0n) is 16.0. The van der Waals surface area contributed by atoms with Gasteiger partial charge in [-0.05, 0) is 42.7 Å². The molecule has 1 unspecified atom stereocenters. The fourth-order valence-corrected chi connectivity index (χ4v) is 4.05. The Labute approximate surface area is 172 Å². The van der Waals surface area contributed by atoms with Crippen LogP contribution in [0.5, 0.6) is 0 Å². The molecule has 1 aliphatic heterocycles. The minimum absolute atomic E-state index is 0.231. The van der Waals surface area contributed by atoms with Gasteiger partial charge in [0, 0.05) is 49.6 Å². The smallest absolute Gasteiger partial charge is 0.318 e. The first kappa shape index (κ1) is 19.1. The molecule has 2 aromatic heterocycles. The van der Waals surface area contributed by atoms with Crippen molar-refractivity contribution in [3.8, 4) is 0 Å². The molecule has 0 aliphatic carbocycles. The number of fused-ring (bicyclic) bond motifs is 1. The largest absolute Gasteiger partial charge is 0.352 e. The summed E-state index contributed by atoms with van der Waals surface area (Å²) >= 11 is 1.49. The van der Waals surface area contributed by atoms with Gasteiger partial charge in [0.25, 0.3) is 0 Å². The number of hydrogen-bond acceptors (Lipinski definition) is 6. The molecule has 1 saturated heterocycles. The molecular weight excluding hydrogens is 388 g/mol. The molecule has 9 heteroatoms. The van der Waals surface area contributed by atoms with E-state index in [4.69, 9.17) is 0 Å². The third-order valence-electron chi connectivity index (χ3n) is 4.91. The number of benzene rings is 1. The van der Waals surface area contributed by atoms with Crippen LogP contribution in [-0.4, -0.2) is 58.4 Å². The van der Waals surface area contributed by atoms with Gasteiger partial charge < -0.3 is 20.4 Å². The number of hydrogen-bond donors (Lipinski definition) is 2. The molecule has 29 heavy (non-hydrogen) atoms. The van der Waals surface area contributed by atoms with Gasteiger partial charge in [0.05, 0.1) is 4.70 Å². The van der Waals surface area contributed by atoms with Crippen molar-refractivity contribution in [2.75, 3.05) is 36.4 Å². The number of piperazine rings is 1. The predicted octanol–water partition coefficient (Wildman–Crippen LogP) is 2.55. The van der Waals surface area contributed by atoms with Gasteiger partial charge in [0.1, 0.15) is 11.9 Å². The summed E-state index contributed by atoms with van der Waals surface area (Å²) < 4.78 is 5.76. The second kappa shape index (κ2) is 8.44. The maximum absolute atomic E-state index is 12.6. The molecule has 3 aromatic rings. The van der Waals surface area contributed by atoms with Crippen LogP contribution in [0.1, 0.15) is 6.92 Å². The number of anilines is 2. The van der Waals surface area contributed by atoms with E-state index >= 15 is 0 Å². The van der Waals surface area contributed by atoms with Gasteiger partial charge in [-0.25, -0.2) is 4.79 Å². The fourth-order valence-electron chi connectivity index (χ4n) is 3.25. The van der Waals surface area contributed by atoms with Crippen molar-refractivity contribution in [3.63, 3.8) is 0 Å². The average molecular weight is 411 g/mol. The molecule has 2 N–H and O–H groups in total. The maximum atomic E-state index is 12.6. The van der Waals surface area contributed by atoms with Gasteiger partial charge in [-0.15, -0.1) is 0 Å². The predicted molar refractivity (Wildman–Crippen MR) is 114 cm³/mol. The van der Waals surface area contributed by atoms with Crippen LogP contribution in [0.25, 0.3) is 10.1 Å². The fraction of sp³-hybridized carbons (Fsp3) is 0.300. The molecule has 0 saturated carbocycles. The third-order valence-corrected chi connectivity index (χ3v) is 5.72. The number of amides is 3. The highest BCUT2D eigenvalue weighted by molar-refractivity contribution is 7.13. The van der Waals surface area contributed by atoms with Crippen molar-refractivity contribution in [1.29, 1.82) is 0 Å². The lowest BCUT2D eigenvalue weighted by Gasteiger charge is -2.35. The standard InChI is InChI=1S/C20H22N6O2S/c1-14(19(27)23-15-6-8-21-9-7-15)22-20(28)26-12-10-25(11-13-26)18-16-4-2-3-5-17(16)29-24-18/h2-9,14H,10-13H2,1H3,(H,22,28)(H,21,23,27). The van der Waals surface area contributed by atoms with E-state index in [0.717, 1.165) is 15.9 Å². The van der Waals surface area contributed by atoms with Crippen molar-refractivity contribution in [2.24, 2.45) is 0 Å². The minimum Gasteiger partial charge on any atom is -0.352 e.